The van der Waals surface area contributed by atoms with Gasteiger partial charge in [-0.3, -0.25) is 4.98 Å². The van der Waals surface area contributed by atoms with Crippen molar-refractivity contribution < 1.29 is 5.48 Å². The number of aromatic nitrogens is 1. The summed E-state index contributed by atoms with van der Waals surface area (Å²) in [6.07, 6.45) is -0.298. The molecule has 1 nitrogen and oxygen atoms in total. The van der Waals surface area contributed by atoms with E-state index in [1.54, 1.807) is 0 Å². The number of hydrogen-bond acceptors (Lipinski definition) is 1. The van der Waals surface area contributed by atoms with Crippen molar-refractivity contribution in [1.29, 1.82) is 0 Å². The molecule has 1 aromatic heterocycles. The molecule has 0 saturated heterocycles. The Labute approximate surface area is 323 Å². The molecule has 0 bridgehead atoms. The SMILES string of the molecule is [2H]c1nc(-c2cccc(-c3ccc(-c4cccc(-c5cccc(-c6cccc(-c7cccc(-c8cccc(-c9ccccc9)c8)c7)c6)c5)c4)cc3)c2)c([2H])c([2H])c1[2H]. The van der Waals surface area contributed by atoms with Crippen LogP contribution in [0.4, 0.5) is 0 Å². The van der Waals surface area contributed by atoms with Gasteiger partial charge in [-0.1, -0.05) is 170 Å². The molecule has 54 heavy (non-hydrogen) atoms. The lowest BCUT2D eigenvalue weighted by Gasteiger charge is -2.11. The second-order valence-electron chi connectivity index (χ2n) is 13.4. The Morgan fingerprint density at radius 1 is 0.259 bits per heavy atom. The van der Waals surface area contributed by atoms with Gasteiger partial charge in [0.15, 0.2) is 0 Å². The molecular weight excluding hydrogens is 651 g/mol. The van der Waals surface area contributed by atoms with E-state index in [0.717, 1.165) is 44.5 Å². The lowest BCUT2D eigenvalue weighted by atomic mass is 9.93. The van der Waals surface area contributed by atoms with Crippen molar-refractivity contribution >= 4 is 0 Å². The van der Waals surface area contributed by atoms with Crippen molar-refractivity contribution in [2.75, 3.05) is 0 Å². The average Bonchev–Trinajstić information content (AvgIpc) is 3.30. The van der Waals surface area contributed by atoms with Gasteiger partial charge in [-0.25, -0.2) is 0 Å². The van der Waals surface area contributed by atoms with Crippen LogP contribution in [0.2, 0.25) is 0 Å². The second-order valence-corrected chi connectivity index (χ2v) is 13.4. The topological polar surface area (TPSA) is 12.9 Å². The summed E-state index contributed by atoms with van der Waals surface area (Å²) < 4.78 is 32.2. The maximum atomic E-state index is 8.35. The van der Waals surface area contributed by atoms with Crippen LogP contribution in [-0.2, 0) is 0 Å². The van der Waals surface area contributed by atoms with Gasteiger partial charge in [0.05, 0.1) is 11.2 Å². The van der Waals surface area contributed by atoms with E-state index in [2.05, 4.69) is 175 Å². The summed E-state index contributed by atoms with van der Waals surface area (Å²) in [7, 11) is 0. The van der Waals surface area contributed by atoms with Gasteiger partial charge in [-0.15, -0.1) is 0 Å². The summed E-state index contributed by atoms with van der Waals surface area (Å²) in [5, 5.41) is 0. The molecule has 0 saturated carbocycles. The lowest BCUT2D eigenvalue weighted by molar-refractivity contribution is 1.33. The van der Waals surface area contributed by atoms with Gasteiger partial charge in [0.1, 0.15) is 0 Å². The van der Waals surface area contributed by atoms with Crippen LogP contribution in [0, 0.1) is 0 Å². The number of rotatable bonds is 8. The van der Waals surface area contributed by atoms with Crippen LogP contribution in [0.5, 0.6) is 0 Å². The fraction of sp³-hybridized carbons (Fsp3) is 0. The van der Waals surface area contributed by atoms with Crippen LogP contribution in [-0.4, -0.2) is 4.98 Å². The van der Waals surface area contributed by atoms with E-state index in [4.69, 9.17) is 5.48 Å². The standard InChI is InChI=1S/C53H37N/c1-2-12-38(13-3-1)41-14-6-17-44(32-41)46-19-8-21-48(34-46)50-23-10-24-51(36-50)49-22-9-20-47(35-49)45-18-7-15-42(33-45)39-27-29-40(30-28-39)43-16-11-25-52(37-43)53-26-4-5-31-54-53/h1-37H/i4D,5D,26D,31D. The minimum absolute atomic E-state index is 0.143. The molecule has 0 aliphatic rings. The van der Waals surface area contributed by atoms with Crippen LogP contribution in [0.25, 0.3) is 89.1 Å². The van der Waals surface area contributed by atoms with Crippen LogP contribution in [0.3, 0.4) is 0 Å². The zero-order chi connectivity index (χ0) is 39.6. The minimum atomic E-state index is -0.331. The predicted octanol–water partition coefficient (Wildman–Crippen LogP) is 14.4. The number of nitrogens with zero attached hydrogens (tertiary/aromatic N) is 1. The summed E-state index contributed by atoms with van der Waals surface area (Å²) in [5.41, 5.74) is 16.8. The van der Waals surface area contributed by atoms with Gasteiger partial charge in [0.25, 0.3) is 0 Å². The highest BCUT2D eigenvalue weighted by Gasteiger charge is 2.09. The van der Waals surface area contributed by atoms with Crippen LogP contribution < -0.4 is 0 Å². The number of benzene rings is 8. The molecule has 0 fully saturated rings. The zero-order valence-electron chi connectivity index (χ0n) is 33.5. The Morgan fingerprint density at radius 2 is 0.537 bits per heavy atom. The van der Waals surface area contributed by atoms with Crippen molar-refractivity contribution in [3.8, 4) is 89.1 Å². The molecule has 254 valence electrons. The fourth-order valence-corrected chi connectivity index (χ4v) is 7.09. The maximum Gasteiger partial charge on any atom is 0.0840 e. The highest BCUT2D eigenvalue weighted by atomic mass is 14.7. The first-order valence-electron chi connectivity index (χ1n) is 20.1. The van der Waals surface area contributed by atoms with Gasteiger partial charge in [0, 0.05) is 11.7 Å². The molecule has 0 radical (unpaired) electrons. The molecule has 0 aliphatic carbocycles. The van der Waals surface area contributed by atoms with E-state index in [1.807, 2.05) is 30.3 Å². The summed E-state index contributed by atoms with van der Waals surface area (Å²) >= 11 is 0. The van der Waals surface area contributed by atoms with Crippen molar-refractivity contribution in [3.05, 3.63) is 224 Å². The minimum Gasteiger partial charge on any atom is -0.256 e. The first-order valence-corrected chi connectivity index (χ1v) is 18.1. The third kappa shape index (κ3) is 7.04. The third-order valence-electron chi connectivity index (χ3n) is 9.91. The molecule has 0 atom stereocenters. The highest BCUT2D eigenvalue weighted by molar-refractivity contribution is 5.82. The van der Waals surface area contributed by atoms with E-state index >= 15 is 0 Å². The summed E-state index contributed by atoms with van der Waals surface area (Å²) in [6.45, 7) is 0. The van der Waals surface area contributed by atoms with E-state index < -0.39 is 0 Å². The predicted molar refractivity (Wildman–Crippen MR) is 228 cm³/mol. The van der Waals surface area contributed by atoms with Gasteiger partial charge in [-0.05, 0) is 126 Å². The van der Waals surface area contributed by atoms with Crippen LogP contribution in [0.1, 0.15) is 5.48 Å². The summed E-state index contributed by atoms with van der Waals surface area (Å²) in [6, 6.07) is 69.4. The molecule has 1 heteroatoms. The first kappa shape index (κ1) is 28.5. The van der Waals surface area contributed by atoms with Gasteiger partial charge in [-0.2, -0.15) is 0 Å². The molecule has 9 rings (SSSR count). The average molecular weight is 692 g/mol. The summed E-state index contributed by atoms with van der Waals surface area (Å²) in [4.78, 5) is 4.16. The first-order chi connectivity index (χ1) is 28.4. The lowest BCUT2D eigenvalue weighted by Crippen LogP contribution is -1.86. The number of hydrogen-bond donors (Lipinski definition) is 0. The van der Waals surface area contributed by atoms with E-state index in [-0.39, 0.29) is 30.0 Å². The molecule has 0 spiro atoms. The smallest absolute Gasteiger partial charge is 0.0840 e. The third-order valence-corrected chi connectivity index (χ3v) is 9.91. The Balaban J connectivity index is 0.955. The van der Waals surface area contributed by atoms with E-state index in [0.29, 0.717) is 5.56 Å². The summed E-state index contributed by atoms with van der Waals surface area (Å²) in [5.74, 6) is 0. The van der Waals surface area contributed by atoms with Gasteiger partial charge >= 0.3 is 0 Å². The molecular formula is C53H37N. The van der Waals surface area contributed by atoms with Crippen LogP contribution >= 0.6 is 0 Å². The molecule has 8 aromatic carbocycles. The van der Waals surface area contributed by atoms with Crippen molar-refractivity contribution in [1.82, 2.24) is 4.98 Å². The van der Waals surface area contributed by atoms with Crippen molar-refractivity contribution in [3.63, 3.8) is 0 Å². The molecule has 9 aromatic rings. The Morgan fingerprint density at radius 3 is 0.907 bits per heavy atom. The quantitative estimate of drug-likeness (QED) is 0.155. The highest BCUT2D eigenvalue weighted by Crippen LogP contribution is 2.34. The largest absolute Gasteiger partial charge is 0.256 e. The Hall–Kier alpha value is -7.09. The van der Waals surface area contributed by atoms with Crippen molar-refractivity contribution in [2.24, 2.45) is 0 Å². The Kier molecular flexibility index (Phi) is 7.85. The van der Waals surface area contributed by atoms with Gasteiger partial charge < -0.3 is 0 Å². The second kappa shape index (κ2) is 14.9. The van der Waals surface area contributed by atoms with Crippen molar-refractivity contribution in [2.45, 2.75) is 0 Å². The normalized spacial score (nSPS) is 12.0. The zero-order valence-corrected chi connectivity index (χ0v) is 29.5. The molecule has 0 amide bonds. The number of pyridine rings is 1. The van der Waals surface area contributed by atoms with Crippen LogP contribution in [0.15, 0.2) is 224 Å². The Bertz CT molecular complexity index is 2940. The van der Waals surface area contributed by atoms with E-state index in [9.17, 15) is 0 Å². The van der Waals surface area contributed by atoms with Gasteiger partial charge in [0.2, 0.25) is 0 Å². The molecule has 0 unspecified atom stereocenters. The maximum absolute atomic E-state index is 8.35. The molecule has 0 N–H and O–H groups in total. The van der Waals surface area contributed by atoms with E-state index in [1.165, 1.54) is 33.4 Å². The monoisotopic (exact) mass is 691 g/mol. The molecule has 1 heterocycles. The molecule has 0 aliphatic heterocycles. The fourth-order valence-electron chi connectivity index (χ4n) is 7.09.